The maximum absolute atomic E-state index is 11.9. The summed E-state index contributed by atoms with van der Waals surface area (Å²) in [7, 11) is 0. The molecule has 6 nitrogen and oxygen atoms in total. The molecule has 2 aromatic rings. The summed E-state index contributed by atoms with van der Waals surface area (Å²) in [6, 6.07) is 10.7. The number of ether oxygens (including phenoxy) is 1. The number of rotatable bonds is 3. The molecule has 2 fully saturated rings. The minimum Gasteiger partial charge on any atom is -0.378 e. The molecule has 7 heteroatoms. The highest BCUT2D eigenvalue weighted by Gasteiger charge is 2.21. The summed E-state index contributed by atoms with van der Waals surface area (Å²) in [4.78, 5) is 14.2. The SMILES string of the molecule is Cc1cc(/C=C2\NC(=S)NC2=O)c(C)n1-c1ccc(N2CCOCC2)cc1. The van der Waals surface area contributed by atoms with E-state index < -0.39 is 0 Å². The fourth-order valence-electron chi connectivity index (χ4n) is 3.60. The zero-order chi connectivity index (χ0) is 19.0. The van der Waals surface area contributed by atoms with Crippen LogP contribution in [0.2, 0.25) is 0 Å². The van der Waals surface area contributed by atoms with Gasteiger partial charge >= 0.3 is 0 Å². The number of hydrogen-bond donors (Lipinski definition) is 2. The van der Waals surface area contributed by atoms with Gasteiger partial charge in [-0.25, -0.2) is 0 Å². The molecule has 0 atom stereocenters. The summed E-state index contributed by atoms with van der Waals surface area (Å²) in [6.45, 7) is 7.53. The minimum atomic E-state index is -0.195. The van der Waals surface area contributed by atoms with E-state index in [1.165, 1.54) is 5.69 Å². The predicted molar refractivity (Wildman–Crippen MR) is 110 cm³/mol. The molecule has 4 rings (SSSR count). The van der Waals surface area contributed by atoms with Gasteiger partial charge in [-0.15, -0.1) is 0 Å². The molecule has 0 bridgehead atoms. The third-order valence-electron chi connectivity index (χ3n) is 4.97. The van der Waals surface area contributed by atoms with Crippen molar-refractivity contribution in [2.24, 2.45) is 0 Å². The molecule has 140 valence electrons. The predicted octanol–water partition coefficient (Wildman–Crippen LogP) is 2.28. The number of aryl methyl sites for hydroxylation is 1. The van der Waals surface area contributed by atoms with Gasteiger partial charge in [0.05, 0.1) is 13.2 Å². The van der Waals surface area contributed by atoms with Crippen LogP contribution >= 0.6 is 12.2 Å². The van der Waals surface area contributed by atoms with E-state index in [2.05, 4.69) is 64.3 Å². The number of amides is 1. The Balaban J connectivity index is 1.62. The Hall–Kier alpha value is -2.64. The summed E-state index contributed by atoms with van der Waals surface area (Å²) in [6.07, 6.45) is 1.84. The van der Waals surface area contributed by atoms with E-state index in [0.29, 0.717) is 10.8 Å². The number of thiocarbonyl (C=S) groups is 1. The number of carbonyl (C=O) groups excluding carboxylic acids is 1. The monoisotopic (exact) mass is 382 g/mol. The Kier molecular flexibility index (Phi) is 4.72. The number of nitrogens with zero attached hydrogens (tertiary/aromatic N) is 2. The first-order valence-corrected chi connectivity index (χ1v) is 9.40. The van der Waals surface area contributed by atoms with E-state index in [9.17, 15) is 4.79 Å². The zero-order valence-corrected chi connectivity index (χ0v) is 16.2. The van der Waals surface area contributed by atoms with Crippen LogP contribution in [0.5, 0.6) is 0 Å². The molecule has 0 aliphatic carbocycles. The van der Waals surface area contributed by atoms with Crippen LogP contribution in [-0.4, -0.2) is 41.9 Å². The van der Waals surface area contributed by atoms with Crippen LogP contribution < -0.4 is 15.5 Å². The normalized spacial score (nSPS) is 18.7. The molecule has 1 aromatic carbocycles. The number of carbonyl (C=O) groups is 1. The quantitative estimate of drug-likeness (QED) is 0.630. The van der Waals surface area contributed by atoms with Crippen LogP contribution in [-0.2, 0) is 9.53 Å². The molecule has 2 aliphatic rings. The number of anilines is 1. The van der Waals surface area contributed by atoms with Gasteiger partial charge in [0.2, 0.25) is 0 Å². The minimum absolute atomic E-state index is 0.195. The first-order chi connectivity index (χ1) is 13.0. The van der Waals surface area contributed by atoms with Gasteiger partial charge in [-0.2, -0.15) is 0 Å². The molecule has 27 heavy (non-hydrogen) atoms. The van der Waals surface area contributed by atoms with Crippen molar-refractivity contribution in [3.05, 3.63) is 53.0 Å². The van der Waals surface area contributed by atoms with E-state index in [4.69, 9.17) is 17.0 Å². The number of hydrogen-bond acceptors (Lipinski definition) is 4. The molecule has 1 amide bonds. The van der Waals surface area contributed by atoms with Crippen LogP contribution in [0.4, 0.5) is 5.69 Å². The van der Waals surface area contributed by atoms with Crippen LogP contribution in [0.1, 0.15) is 17.0 Å². The second-order valence-electron chi connectivity index (χ2n) is 6.74. The maximum Gasteiger partial charge on any atom is 0.273 e. The summed E-state index contributed by atoms with van der Waals surface area (Å²) >= 11 is 4.99. The van der Waals surface area contributed by atoms with Crippen molar-refractivity contribution in [1.82, 2.24) is 15.2 Å². The average Bonchev–Trinajstić information content (AvgIpc) is 3.13. The van der Waals surface area contributed by atoms with Gasteiger partial charge in [0.1, 0.15) is 5.70 Å². The van der Waals surface area contributed by atoms with Crippen LogP contribution in [0.15, 0.2) is 36.0 Å². The number of aromatic nitrogens is 1. The van der Waals surface area contributed by atoms with E-state index in [0.717, 1.165) is 48.9 Å². The lowest BCUT2D eigenvalue weighted by Gasteiger charge is -2.29. The van der Waals surface area contributed by atoms with Crippen LogP contribution in [0.25, 0.3) is 11.8 Å². The number of morpholine rings is 1. The van der Waals surface area contributed by atoms with Gasteiger partial charge in [0.25, 0.3) is 5.91 Å². The Bertz CT molecular complexity index is 924. The second-order valence-corrected chi connectivity index (χ2v) is 7.15. The molecule has 2 aliphatic heterocycles. The summed E-state index contributed by atoms with van der Waals surface area (Å²) < 4.78 is 7.62. The van der Waals surface area contributed by atoms with Crippen molar-refractivity contribution in [3.8, 4) is 5.69 Å². The van der Waals surface area contributed by atoms with Crippen molar-refractivity contribution in [1.29, 1.82) is 0 Å². The largest absolute Gasteiger partial charge is 0.378 e. The van der Waals surface area contributed by atoms with Crippen molar-refractivity contribution in [2.75, 3.05) is 31.2 Å². The number of benzene rings is 1. The lowest BCUT2D eigenvalue weighted by Crippen LogP contribution is -2.36. The van der Waals surface area contributed by atoms with E-state index >= 15 is 0 Å². The van der Waals surface area contributed by atoms with E-state index in [1.807, 2.05) is 6.08 Å². The van der Waals surface area contributed by atoms with Gasteiger partial charge in [-0.1, -0.05) is 0 Å². The van der Waals surface area contributed by atoms with Gasteiger partial charge in [-0.05, 0) is 68.0 Å². The summed E-state index contributed by atoms with van der Waals surface area (Å²) in [5.74, 6) is -0.195. The Morgan fingerprint density at radius 3 is 2.37 bits per heavy atom. The van der Waals surface area contributed by atoms with Crippen molar-refractivity contribution < 1.29 is 9.53 Å². The topological polar surface area (TPSA) is 58.5 Å². The first kappa shape index (κ1) is 17.8. The molecular weight excluding hydrogens is 360 g/mol. The second kappa shape index (κ2) is 7.17. The van der Waals surface area contributed by atoms with Crippen molar-refractivity contribution in [2.45, 2.75) is 13.8 Å². The molecule has 0 spiro atoms. The van der Waals surface area contributed by atoms with Gasteiger partial charge < -0.3 is 19.5 Å². The summed E-state index contributed by atoms with van der Waals surface area (Å²) in [5.41, 5.74) is 5.97. The van der Waals surface area contributed by atoms with Crippen LogP contribution in [0.3, 0.4) is 0 Å². The van der Waals surface area contributed by atoms with E-state index in [-0.39, 0.29) is 5.91 Å². The third kappa shape index (κ3) is 3.48. The molecule has 2 N–H and O–H groups in total. The Morgan fingerprint density at radius 2 is 1.74 bits per heavy atom. The highest BCUT2D eigenvalue weighted by Crippen LogP contribution is 2.25. The number of nitrogens with one attached hydrogen (secondary N) is 2. The molecule has 1 aromatic heterocycles. The zero-order valence-electron chi connectivity index (χ0n) is 15.4. The maximum atomic E-state index is 11.9. The fraction of sp³-hybridized carbons (Fsp3) is 0.300. The lowest BCUT2D eigenvalue weighted by molar-refractivity contribution is -0.115. The molecule has 0 radical (unpaired) electrons. The smallest absolute Gasteiger partial charge is 0.273 e. The van der Waals surface area contributed by atoms with Crippen LogP contribution in [0, 0.1) is 13.8 Å². The molecule has 0 unspecified atom stereocenters. The standard InChI is InChI=1S/C20H22N4O2S/c1-13-11-15(12-18-19(25)22-20(27)21-18)14(2)24(13)17-5-3-16(4-6-17)23-7-9-26-10-8-23/h3-6,11-12H,7-10H2,1-2H3,(H2,21,22,25,27)/b18-12-. The molecule has 0 saturated carbocycles. The third-order valence-corrected chi connectivity index (χ3v) is 5.18. The average molecular weight is 382 g/mol. The summed E-state index contributed by atoms with van der Waals surface area (Å²) in [5, 5.41) is 5.83. The van der Waals surface area contributed by atoms with Gasteiger partial charge in [-0.3, -0.25) is 10.1 Å². The Labute approximate surface area is 163 Å². The van der Waals surface area contributed by atoms with Gasteiger partial charge in [0, 0.05) is 35.9 Å². The Morgan fingerprint density at radius 1 is 1.07 bits per heavy atom. The van der Waals surface area contributed by atoms with Crippen molar-refractivity contribution in [3.63, 3.8) is 0 Å². The lowest BCUT2D eigenvalue weighted by atomic mass is 10.2. The van der Waals surface area contributed by atoms with E-state index in [1.54, 1.807) is 0 Å². The molecule has 2 saturated heterocycles. The highest BCUT2D eigenvalue weighted by molar-refractivity contribution is 7.80. The molecular formula is C20H22N4O2S. The highest BCUT2D eigenvalue weighted by atomic mass is 32.1. The fourth-order valence-corrected chi connectivity index (χ4v) is 3.81. The molecule has 3 heterocycles. The van der Waals surface area contributed by atoms with Crippen molar-refractivity contribution >= 4 is 35.0 Å². The first-order valence-electron chi connectivity index (χ1n) is 8.99. The van der Waals surface area contributed by atoms with Gasteiger partial charge in [0.15, 0.2) is 5.11 Å².